The lowest BCUT2D eigenvalue weighted by Gasteiger charge is -2.39. The van der Waals surface area contributed by atoms with Gasteiger partial charge in [-0.3, -0.25) is 4.79 Å². The van der Waals surface area contributed by atoms with E-state index in [-0.39, 0.29) is 18.1 Å². The van der Waals surface area contributed by atoms with Crippen LogP contribution in [0.4, 0.5) is 0 Å². The normalized spacial score (nSPS) is 27.6. The van der Waals surface area contributed by atoms with E-state index < -0.39 is 0 Å². The molecular weight excluding hydrogens is 236 g/mol. The second-order valence-corrected chi connectivity index (χ2v) is 6.49. The Kier molecular flexibility index (Phi) is 4.33. The summed E-state index contributed by atoms with van der Waals surface area (Å²) in [6, 6.07) is 0. The standard InChI is InChI=1S/C12H22N2O2S/c1-3-10-6-14(4-5-17-10)11(15)7-16-12(2)8-13-9-12/h10,13H,3-9H2,1-2H3. The molecule has 98 valence electrons. The number of thioether (sulfide) groups is 1. The van der Waals surface area contributed by atoms with Gasteiger partial charge in [0.25, 0.3) is 0 Å². The van der Waals surface area contributed by atoms with E-state index in [1.165, 1.54) is 0 Å². The van der Waals surface area contributed by atoms with Crippen molar-refractivity contribution in [3.05, 3.63) is 0 Å². The van der Waals surface area contributed by atoms with E-state index in [4.69, 9.17) is 4.74 Å². The summed E-state index contributed by atoms with van der Waals surface area (Å²) in [6.07, 6.45) is 1.14. The average Bonchev–Trinajstić information content (AvgIpc) is 2.33. The van der Waals surface area contributed by atoms with Crippen molar-refractivity contribution < 1.29 is 9.53 Å². The first-order valence-electron chi connectivity index (χ1n) is 6.37. The van der Waals surface area contributed by atoms with Gasteiger partial charge >= 0.3 is 0 Å². The van der Waals surface area contributed by atoms with Gasteiger partial charge in [0.1, 0.15) is 6.61 Å². The van der Waals surface area contributed by atoms with Crippen LogP contribution in [-0.2, 0) is 9.53 Å². The number of hydrogen-bond acceptors (Lipinski definition) is 4. The molecule has 0 aliphatic carbocycles. The van der Waals surface area contributed by atoms with Crippen LogP contribution in [0.1, 0.15) is 20.3 Å². The lowest BCUT2D eigenvalue weighted by Crippen LogP contribution is -2.60. The van der Waals surface area contributed by atoms with Crippen molar-refractivity contribution in [1.82, 2.24) is 10.2 Å². The highest BCUT2D eigenvalue weighted by molar-refractivity contribution is 8.00. The van der Waals surface area contributed by atoms with Gasteiger partial charge in [0, 0.05) is 37.2 Å². The third kappa shape index (κ3) is 3.36. The molecular formula is C12H22N2O2S. The first-order chi connectivity index (χ1) is 8.13. The highest BCUT2D eigenvalue weighted by Crippen LogP contribution is 2.21. The summed E-state index contributed by atoms with van der Waals surface area (Å²) in [4.78, 5) is 14.0. The Morgan fingerprint density at radius 3 is 2.94 bits per heavy atom. The molecule has 0 aromatic carbocycles. The summed E-state index contributed by atoms with van der Waals surface area (Å²) in [5.41, 5.74) is -0.121. The Bertz CT molecular complexity index is 282. The smallest absolute Gasteiger partial charge is 0.248 e. The van der Waals surface area contributed by atoms with Gasteiger partial charge in [0.2, 0.25) is 5.91 Å². The van der Waals surface area contributed by atoms with E-state index >= 15 is 0 Å². The van der Waals surface area contributed by atoms with Crippen molar-refractivity contribution in [2.24, 2.45) is 0 Å². The lowest BCUT2D eigenvalue weighted by atomic mass is 10.0. The molecule has 17 heavy (non-hydrogen) atoms. The monoisotopic (exact) mass is 258 g/mol. The van der Waals surface area contributed by atoms with Crippen LogP contribution in [0.2, 0.25) is 0 Å². The number of hydrogen-bond donors (Lipinski definition) is 1. The van der Waals surface area contributed by atoms with Gasteiger partial charge in [-0.25, -0.2) is 0 Å². The molecule has 1 amide bonds. The molecule has 2 rings (SSSR count). The molecule has 2 aliphatic heterocycles. The number of carbonyl (C=O) groups is 1. The Labute approximate surface area is 107 Å². The molecule has 2 fully saturated rings. The minimum atomic E-state index is -0.121. The summed E-state index contributed by atoms with van der Waals surface area (Å²) in [5.74, 6) is 1.21. The van der Waals surface area contributed by atoms with Crippen molar-refractivity contribution in [2.75, 3.05) is 38.5 Å². The average molecular weight is 258 g/mol. The van der Waals surface area contributed by atoms with Crippen LogP contribution in [0, 0.1) is 0 Å². The molecule has 0 radical (unpaired) electrons. The molecule has 2 saturated heterocycles. The van der Waals surface area contributed by atoms with Gasteiger partial charge in [-0.15, -0.1) is 0 Å². The molecule has 0 bridgehead atoms. The predicted molar refractivity (Wildman–Crippen MR) is 70.3 cm³/mol. The quantitative estimate of drug-likeness (QED) is 0.807. The second kappa shape index (κ2) is 5.59. The largest absolute Gasteiger partial charge is 0.363 e. The molecule has 0 spiro atoms. The zero-order chi connectivity index (χ0) is 12.3. The van der Waals surface area contributed by atoms with E-state index in [9.17, 15) is 4.79 Å². The van der Waals surface area contributed by atoms with E-state index in [1.807, 2.05) is 16.7 Å². The zero-order valence-electron chi connectivity index (χ0n) is 10.7. The number of nitrogens with zero attached hydrogens (tertiary/aromatic N) is 1. The van der Waals surface area contributed by atoms with Gasteiger partial charge < -0.3 is 15.0 Å². The molecule has 1 atom stereocenters. The molecule has 2 aliphatic rings. The molecule has 0 aromatic rings. The van der Waals surface area contributed by atoms with Crippen molar-refractivity contribution in [1.29, 1.82) is 0 Å². The summed E-state index contributed by atoms with van der Waals surface area (Å²) in [7, 11) is 0. The zero-order valence-corrected chi connectivity index (χ0v) is 11.5. The SMILES string of the molecule is CCC1CN(C(=O)COC2(C)CNC2)CCS1. The highest BCUT2D eigenvalue weighted by Gasteiger charge is 2.34. The van der Waals surface area contributed by atoms with Crippen molar-refractivity contribution in [2.45, 2.75) is 31.1 Å². The van der Waals surface area contributed by atoms with Crippen LogP contribution in [-0.4, -0.2) is 60.2 Å². The third-order valence-corrected chi connectivity index (χ3v) is 4.86. The fraction of sp³-hybridized carbons (Fsp3) is 0.917. The molecule has 4 nitrogen and oxygen atoms in total. The molecule has 5 heteroatoms. The van der Waals surface area contributed by atoms with Crippen molar-refractivity contribution >= 4 is 17.7 Å². The van der Waals surface area contributed by atoms with Crippen LogP contribution < -0.4 is 5.32 Å². The second-order valence-electron chi connectivity index (χ2n) is 5.08. The Morgan fingerprint density at radius 1 is 1.59 bits per heavy atom. The summed E-state index contributed by atoms with van der Waals surface area (Å²) < 4.78 is 5.69. The minimum absolute atomic E-state index is 0.121. The minimum Gasteiger partial charge on any atom is -0.363 e. The molecule has 1 N–H and O–H groups in total. The van der Waals surface area contributed by atoms with Crippen LogP contribution in [0.3, 0.4) is 0 Å². The Hall–Kier alpha value is -0.260. The first kappa shape index (κ1) is 13.2. The van der Waals surface area contributed by atoms with Crippen LogP contribution in [0.5, 0.6) is 0 Å². The molecule has 0 saturated carbocycles. The Balaban J connectivity index is 1.75. The maximum atomic E-state index is 12.0. The van der Waals surface area contributed by atoms with Crippen molar-refractivity contribution in [3.63, 3.8) is 0 Å². The molecule has 2 heterocycles. The van der Waals surface area contributed by atoms with Crippen LogP contribution >= 0.6 is 11.8 Å². The number of nitrogens with one attached hydrogen (secondary N) is 1. The summed E-state index contributed by atoms with van der Waals surface area (Å²) in [6.45, 7) is 7.94. The van der Waals surface area contributed by atoms with Crippen LogP contribution in [0.15, 0.2) is 0 Å². The highest BCUT2D eigenvalue weighted by atomic mass is 32.2. The fourth-order valence-electron chi connectivity index (χ4n) is 2.10. The van der Waals surface area contributed by atoms with Gasteiger partial charge in [0.05, 0.1) is 5.60 Å². The number of amides is 1. The number of carbonyl (C=O) groups excluding carboxylic acids is 1. The van der Waals surface area contributed by atoms with Crippen LogP contribution in [0.25, 0.3) is 0 Å². The van der Waals surface area contributed by atoms with Crippen molar-refractivity contribution in [3.8, 4) is 0 Å². The summed E-state index contributed by atoms with van der Waals surface area (Å²) >= 11 is 1.98. The van der Waals surface area contributed by atoms with E-state index in [0.29, 0.717) is 5.25 Å². The lowest BCUT2D eigenvalue weighted by molar-refractivity contribution is -0.145. The number of rotatable bonds is 4. The molecule has 0 aromatic heterocycles. The summed E-state index contributed by atoms with van der Waals surface area (Å²) in [5, 5.41) is 3.77. The third-order valence-electron chi connectivity index (χ3n) is 3.49. The predicted octanol–water partition coefficient (Wildman–Crippen LogP) is 0.719. The fourth-order valence-corrected chi connectivity index (χ4v) is 3.28. The van der Waals surface area contributed by atoms with Gasteiger partial charge in [-0.1, -0.05) is 6.92 Å². The maximum absolute atomic E-state index is 12.0. The first-order valence-corrected chi connectivity index (χ1v) is 7.42. The van der Waals surface area contributed by atoms with E-state index in [2.05, 4.69) is 19.2 Å². The van der Waals surface area contributed by atoms with E-state index in [1.54, 1.807) is 0 Å². The van der Waals surface area contributed by atoms with Gasteiger partial charge in [-0.05, 0) is 13.3 Å². The van der Waals surface area contributed by atoms with Gasteiger partial charge in [-0.2, -0.15) is 11.8 Å². The maximum Gasteiger partial charge on any atom is 0.248 e. The topological polar surface area (TPSA) is 41.6 Å². The number of ether oxygens (including phenoxy) is 1. The Morgan fingerprint density at radius 2 is 2.35 bits per heavy atom. The van der Waals surface area contributed by atoms with E-state index in [0.717, 1.165) is 38.4 Å². The van der Waals surface area contributed by atoms with Gasteiger partial charge in [0.15, 0.2) is 0 Å². The molecule has 1 unspecified atom stereocenters.